The van der Waals surface area contributed by atoms with Crippen molar-refractivity contribution in [2.45, 2.75) is 64.6 Å². The van der Waals surface area contributed by atoms with Crippen LogP contribution in [-0.4, -0.2) is 35.1 Å². The molecule has 0 aliphatic rings. The molecule has 152 valence electrons. The Morgan fingerprint density at radius 1 is 1.15 bits per heavy atom. The maximum Gasteiger partial charge on any atom is 0.308 e. The normalized spacial score (nSPS) is 15.7. The Bertz CT molecular complexity index is 779. The van der Waals surface area contributed by atoms with E-state index in [2.05, 4.69) is 13.8 Å². The topological polar surface area (TPSA) is 86.7 Å². The SMILES string of the molecule is CCC(C)c1ccc(S(=O)(=O)OCC(C)(C(C)=O)C(=O)O[Si](C)(C)C)cc1. The number of carbonyl (C=O) groups is 2. The van der Waals surface area contributed by atoms with E-state index in [1.165, 1.54) is 26.0 Å². The molecule has 8 heteroatoms. The summed E-state index contributed by atoms with van der Waals surface area (Å²) in [6.45, 7) is 11.5. The molecule has 2 unspecified atom stereocenters. The van der Waals surface area contributed by atoms with Crippen molar-refractivity contribution in [2.24, 2.45) is 5.41 Å². The number of carbonyl (C=O) groups excluding carboxylic acids is 2. The summed E-state index contributed by atoms with van der Waals surface area (Å²) >= 11 is 0. The molecule has 1 aromatic carbocycles. The molecule has 0 heterocycles. The van der Waals surface area contributed by atoms with Gasteiger partial charge in [0.05, 0.1) is 11.5 Å². The van der Waals surface area contributed by atoms with Crippen LogP contribution in [0.5, 0.6) is 0 Å². The first kappa shape index (κ1) is 23.5. The summed E-state index contributed by atoms with van der Waals surface area (Å²) in [7, 11) is -6.34. The number of benzene rings is 1. The highest BCUT2D eigenvalue weighted by Crippen LogP contribution is 2.26. The van der Waals surface area contributed by atoms with Crippen LogP contribution in [0.1, 0.15) is 45.6 Å². The summed E-state index contributed by atoms with van der Waals surface area (Å²) in [5, 5.41) is 0. The van der Waals surface area contributed by atoms with Crippen molar-refractivity contribution in [1.82, 2.24) is 0 Å². The van der Waals surface area contributed by atoms with Crippen LogP contribution < -0.4 is 0 Å². The van der Waals surface area contributed by atoms with Gasteiger partial charge in [0.15, 0.2) is 0 Å². The molecule has 2 atom stereocenters. The van der Waals surface area contributed by atoms with Gasteiger partial charge in [-0.1, -0.05) is 26.0 Å². The molecule has 0 saturated heterocycles. The summed E-state index contributed by atoms with van der Waals surface area (Å²) in [5.74, 6) is -0.940. The van der Waals surface area contributed by atoms with Crippen LogP contribution in [0.15, 0.2) is 29.2 Å². The molecular formula is C19H30O6SSi. The van der Waals surface area contributed by atoms with Crippen molar-refractivity contribution < 1.29 is 26.6 Å². The van der Waals surface area contributed by atoms with Crippen molar-refractivity contribution in [1.29, 1.82) is 0 Å². The maximum atomic E-state index is 12.5. The second kappa shape index (κ2) is 8.66. The van der Waals surface area contributed by atoms with Gasteiger partial charge in [0, 0.05) is 0 Å². The van der Waals surface area contributed by atoms with Gasteiger partial charge in [-0.3, -0.25) is 13.8 Å². The van der Waals surface area contributed by atoms with E-state index in [-0.39, 0.29) is 4.90 Å². The Kier molecular flexibility index (Phi) is 7.55. The van der Waals surface area contributed by atoms with Crippen molar-refractivity contribution >= 4 is 30.2 Å². The Morgan fingerprint density at radius 3 is 2.07 bits per heavy atom. The molecule has 0 saturated carbocycles. The van der Waals surface area contributed by atoms with Crippen molar-refractivity contribution in [2.75, 3.05) is 6.61 Å². The maximum absolute atomic E-state index is 12.5. The quantitative estimate of drug-likeness (QED) is 0.346. The average Bonchev–Trinajstić information content (AvgIpc) is 2.57. The predicted octanol–water partition coefficient (Wildman–Crippen LogP) is 3.88. The van der Waals surface area contributed by atoms with Crippen LogP contribution >= 0.6 is 0 Å². The fourth-order valence-corrected chi connectivity index (χ4v) is 3.94. The smallest absolute Gasteiger partial charge is 0.308 e. The van der Waals surface area contributed by atoms with E-state index in [1.807, 2.05) is 19.6 Å². The third kappa shape index (κ3) is 6.26. The minimum atomic E-state index is -4.10. The zero-order chi connectivity index (χ0) is 21.0. The van der Waals surface area contributed by atoms with E-state index in [0.29, 0.717) is 5.92 Å². The van der Waals surface area contributed by atoms with Gasteiger partial charge >= 0.3 is 5.97 Å². The molecule has 0 N–H and O–H groups in total. The summed E-state index contributed by atoms with van der Waals surface area (Å²) in [6, 6.07) is 6.44. The molecule has 0 spiro atoms. The van der Waals surface area contributed by atoms with Gasteiger partial charge in [-0.15, -0.1) is 0 Å². The highest BCUT2D eigenvalue weighted by atomic mass is 32.2. The zero-order valence-electron chi connectivity index (χ0n) is 17.2. The molecule has 0 aromatic heterocycles. The van der Waals surface area contributed by atoms with E-state index in [4.69, 9.17) is 8.61 Å². The van der Waals surface area contributed by atoms with E-state index >= 15 is 0 Å². The largest absolute Gasteiger partial charge is 0.519 e. The number of Topliss-reactive ketones (excluding diaryl/α,β-unsaturated/α-hetero) is 1. The van der Waals surface area contributed by atoms with Crippen molar-refractivity contribution in [3.63, 3.8) is 0 Å². The molecule has 6 nitrogen and oxygen atoms in total. The summed E-state index contributed by atoms with van der Waals surface area (Å²) in [4.78, 5) is 24.5. The standard InChI is InChI=1S/C19H30O6SSi/c1-8-14(2)16-9-11-17(12-10-16)26(22,23)24-13-19(4,15(3)20)18(21)25-27(5,6)7/h9-12,14H,8,13H2,1-7H3. The minimum Gasteiger partial charge on any atom is -0.519 e. The van der Waals surface area contributed by atoms with E-state index in [1.54, 1.807) is 12.1 Å². The van der Waals surface area contributed by atoms with E-state index < -0.39 is 42.2 Å². The third-order valence-corrected chi connectivity index (χ3v) is 6.55. The summed E-state index contributed by atoms with van der Waals surface area (Å²) in [5.41, 5.74) is -0.645. The molecule has 0 aliphatic carbocycles. The van der Waals surface area contributed by atoms with Gasteiger partial charge in [0.25, 0.3) is 10.1 Å². The molecule has 0 fully saturated rings. The van der Waals surface area contributed by atoms with Crippen LogP contribution in [-0.2, 0) is 28.3 Å². The lowest BCUT2D eigenvalue weighted by atomic mass is 9.88. The Balaban J connectivity index is 3.00. The Hall–Kier alpha value is -1.51. The van der Waals surface area contributed by atoms with Crippen LogP contribution in [0.25, 0.3) is 0 Å². The molecule has 27 heavy (non-hydrogen) atoms. The van der Waals surface area contributed by atoms with Crippen LogP contribution in [0.3, 0.4) is 0 Å². The molecule has 0 aliphatic heterocycles. The Labute approximate surface area is 163 Å². The summed E-state index contributed by atoms with van der Waals surface area (Å²) in [6.07, 6.45) is 0.943. The highest BCUT2D eigenvalue weighted by Gasteiger charge is 2.43. The lowest BCUT2D eigenvalue weighted by Crippen LogP contribution is -2.45. The fourth-order valence-electron chi connectivity index (χ4n) is 2.16. The summed E-state index contributed by atoms with van der Waals surface area (Å²) < 4.78 is 35.4. The third-order valence-electron chi connectivity index (χ3n) is 4.48. The zero-order valence-corrected chi connectivity index (χ0v) is 19.0. The monoisotopic (exact) mass is 414 g/mol. The second-order valence-corrected chi connectivity index (χ2v) is 14.0. The first-order chi connectivity index (χ1) is 12.2. The Morgan fingerprint density at radius 2 is 1.67 bits per heavy atom. The average molecular weight is 415 g/mol. The number of rotatable bonds is 9. The lowest BCUT2D eigenvalue weighted by molar-refractivity contribution is -0.153. The van der Waals surface area contributed by atoms with Crippen LogP contribution in [0.2, 0.25) is 19.6 Å². The van der Waals surface area contributed by atoms with Gasteiger partial charge < -0.3 is 4.43 Å². The molecule has 1 aromatic rings. The minimum absolute atomic E-state index is 0.0148. The first-order valence-electron chi connectivity index (χ1n) is 8.97. The van der Waals surface area contributed by atoms with Gasteiger partial charge in [-0.2, -0.15) is 8.42 Å². The number of hydrogen-bond donors (Lipinski definition) is 0. The van der Waals surface area contributed by atoms with Gasteiger partial charge in [-0.05, 0) is 63.5 Å². The highest BCUT2D eigenvalue weighted by molar-refractivity contribution is 7.86. The first-order valence-corrected chi connectivity index (χ1v) is 13.8. The van der Waals surface area contributed by atoms with Gasteiger partial charge in [0.1, 0.15) is 11.2 Å². The predicted molar refractivity (Wildman–Crippen MR) is 107 cm³/mol. The second-order valence-electron chi connectivity index (χ2n) is 7.98. The fraction of sp³-hybridized carbons (Fsp3) is 0.579. The molecular weight excluding hydrogens is 384 g/mol. The number of hydrogen-bond acceptors (Lipinski definition) is 6. The molecule has 0 radical (unpaired) electrons. The van der Waals surface area contributed by atoms with Crippen LogP contribution in [0.4, 0.5) is 0 Å². The van der Waals surface area contributed by atoms with E-state index in [9.17, 15) is 18.0 Å². The van der Waals surface area contributed by atoms with Gasteiger partial charge in [0.2, 0.25) is 8.32 Å². The lowest BCUT2D eigenvalue weighted by Gasteiger charge is -2.28. The molecule has 0 bridgehead atoms. The van der Waals surface area contributed by atoms with E-state index in [0.717, 1.165) is 12.0 Å². The molecule has 0 amide bonds. The molecule has 1 rings (SSSR count). The van der Waals surface area contributed by atoms with Crippen molar-refractivity contribution in [3.05, 3.63) is 29.8 Å². The van der Waals surface area contributed by atoms with Crippen molar-refractivity contribution in [3.8, 4) is 0 Å². The van der Waals surface area contributed by atoms with Gasteiger partial charge in [-0.25, -0.2) is 0 Å². The number of ketones is 1. The van der Waals surface area contributed by atoms with Crippen LogP contribution in [0, 0.1) is 5.41 Å².